The number of ether oxygens (including phenoxy) is 1. The summed E-state index contributed by atoms with van der Waals surface area (Å²) in [6.45, 7) is 5.68. The van der Waals surface area contributed by atoms with Crippen molar-refractivity contribution in [2.75, 3.05) is 0 Å². The third kappa shape index (κ3) is 6.03. The smallest absolute Gasteiger partial charge is 0.311 e. The van der Waals surface area contributed by atoms with E-state index in [9.17, 15) is 9.59 Å². The number of aryl methyl sites for hydroxylation is 1. The fourth-order valence-corrected chi connectivity index (χ4v) is 2.75. The van der Waals surface area contributed by atoms with Gasteiger partial charge in [0.25, 0.3) is 5.91 Å². The molecular formula is C22H27NO3. The molecule has 2 aromatic rings. The lowest BCUT2D eigenvalue weighted by Crippen LogP contribution is -2.38. The molecule has 0 aromatic heterocycles. The minimum absolute atomic E-state index is 0.0769. The third-order valence-electron chi connectivity index (χ3n) is 4.24. The van der Waals surface area contributed by atoms with Crippen LogP contribution in [0.1, 0.15) is 49.4 Å². The number of carbonyl (C=O) groups excluding carboxylic acids is 2. The monoisotopic (exact) mass is 353 g/mol. The van der Waals surface area contributed by atoms with Gasteiger partial charge >= 0.3 is 5.97 Å². The van der Waals surface area contributed by atoms with Crippen LogP contribution in [0.3, 0.4) is 0 Å². The van der Waals surface area contributed by atoms with E-state index in [4.69, 9.17) is 4.74 Å². The van der Waals surface area contributed by atoms with Gasteiger partial charge in [0.1, 0.15) is 0 Å². The van der Waals surface area contributed by atoms with E-state index in [1.165, 1.54) is 0 Å². The summed E-state index contributed by atoms with van der Waals surface area (Å²) in [4.78, 5) is 24.5. The minimum Gasteiger partial charge on any atom is -0.452 e. The van der Waals surface area contributed by atoms with Crippen LogP contribution in [0.15, 0.2) is 54.6 Å². The highest BCUT2D eigenvalue weighted by Gasteiger charge is 2.21. The van der Waals surface area contributed by atoms with Gasteiger partial charge < -0.3 is 10.1 Å². The van der Waals surface area contributed by atoms with Crippen molar-refractivity contribution >= 4 is 11.9 Å². The topological polar surface area (TPSA) is 55.4 Å². The van der Waals surface area contributed by atoms with E-state index in [-0.39, 0.29) is 18.4 Å². The molecule has 0 aliphatic heterocycles. The summed E-state index contributed by atoms with van der Waals surface area (Å²) in [5.74, 6) is -0.673. The molecule has 2 aromatic carbocycles. The number of rotatable bonds is 8. The number of hydrogen-bond acceptors (Lipinski definition) is 3. The highest BCUT2D eigenvalue weighted by Crippen LogP contribution is 2.18. The van der Waals surface area contributed by atoms with Crippen molar-refractivity contribution in [3.63, 3.8) is 0 Å². The fraction of sp³-hybridized carbons (Fsp3) is 0.364. The Hall–Kier alpha value is -2.62. The molecule has 0 aliphatic carbocycles. The Morgan fingerprint density at radius 3 is 2.31 bits per heavy atom. The quantitative estimate of drug-likeness (QED) is 0.726. The Balaban J connectivity index is 1.90. The summed E-state index contributed by atoms with van der Waals surface area (Å²) in [7, 11) is 0. The lowest BCUT2D eigenvalue weighted by molar-refractivity contribution is -0.154. The molecule has 0 bridgehead atoms. The standard InChI is InChI=1S/C22H27NO3/c1-4-8-20(19-9-6-5-7-10-19)23-22(25)17(3)26-21(24)15-18-13-11-16(2)12-14-18/h5-7,9-14,17,20H,4,8,15H2,1-3H3,(H,23,25)/t17-,20+/m0/s1. The van der Waals surface area contributed by atoms with Crippen molar-refractivity contribution in [2.24, 2.45) is 0 Å². The molecule has 1 N–H and O–H groups in total. The van der Waals surface area contributed by atoms with Crippen molar-refractivity contribution in [3.05, 3.63) is 71.3 Å². The molecule has 0 saturated heterocycles. The molecule has 0 radical (unpaired) electrons. The third-order valence-corrected chi connectivity index (χ3v) is 4.24. The first-order valence-corrected chi connectivity index (χ1v) is 9.10. The first-order chi connectivity index (χ1) is 12.5. The van der Waals surface area contributed by atoms with Crippen LogP contribution < -0.4 is 5.32 Å². The number of hydrogen-bond donors (Lipinski definition) is 1. The van der Waals surface area contributed by atoms with Gasteiger partial charge in [-0.3, -0.25) is 9.59 Å². The summed E-state index contributed by atoms with van der Waals surface area (Å²) in [6, 6.07) is 17.5. The SMILES string of the molecule is CCC[C@@H](NC(=O)[C@H](C)OC(=O)Cc1ccc(C)cc1)c1ccccc1. The van der Waals surface area contributed by atoms with Crippen molar-refractivity contribution in [1.82, 2.24) is 5.32 Å². The van der Waals surface area contributed by atoms with Gasteiger partial charge in [0.15, 0.2) is 6.10 Å². The number of amides is 1. The van der Waals surface area contributed by atoms with E-state index >= 15 is 0 Å². The maximum atomic E-state index is 12.4. The van der Waals surface area contributed by atoms with Crippen LogP contribution in [0.4, 0.5) is 0 Å². The van der Waals surface area contributed by atoms with Gasteiger partial charge in [-0.2, -0.15) is 0 Å². The van der Waals surface area contributed by atoms with Crippen LogP contribution in [0.25, 0.3) is 0 Å². The zero-order valence-electron chi connectivity index (χ0n) is 15.7. The molecule has 0 unspecified atom stereocenters. The molecule has 2 rings (SSSR count). The van der Waals surface area contributed by atoms with Crippen molar-refractivity contribution in [2.45, 2.75) is 52.2 Å². The molecule has 4 heteroatoms. The van der Waals surface area contributed by atoms with Gasteiger partial charge in [-0.1, -0.05) is 73.5 Å². The van der Waals surface area contributed by atoms with Crippen LogP contribution in [-0.4, -0.2) is 18.0 Å². The molecule has 0 spiro atoms. The van der Waals surface area contributed by atoms with Gasteiger partial charge in [0.2, 0.25) is 0 Å². The highest BCUT2D eigenvalue weighted by atomic mass is 16.5. The number of carbonyl (C=O) groups is 2. The molecule has 0 saturated carbocycles. The van der Waals surface area contributed by atoms with Gasteiger partial charge in [-0.05, 0) is 31.4 Å². The average molecular weight is 353 g/mol. The van der Waals surface area contributed by atoms with Gasteiger partial charge in [-0.25, -0.2) is 0 Å². The molecule has 26 heavy (non-hydrogen) atoms. The molecule has 138 valence electrons. The second-order valence-corrected chi connectivity index (χ2v) is 6.55. The molecule has 0 fully saturated rings. The largest absolute Gasteiger partial charge is 0.452 e. The van der Waals surface area contributed by atoms with Gasteiger partial charge in [-0.15, -0.1) is 0 Å². The Morgan fingerprint density at radius 1 is 1.04 bits per heavy atom. The molecule has 0 aliphatic rings. The molecule has 1 amide bonds. The summed E-state index contributed by atoms with van der Waals surface area (Å²) in [6.07, 6.45) is 1.12. The second kappa shape index (κ2) is 9.76. The van der Waals surface area contributed by atoms with Gasteiger partial charge in [0, 0.05) is 0 Å². The lowest BCUT2D eigenvalue weighted by Gasteiger charge is -2.21. The van der Waals surface area contributed by atoms with E-state index in [2.05, 4.69) is 12.2 Å². The Labute approximate surface area is 155 Å². The first-order valence-electron chi connectivity index (χ1n) is 9.10. The van der Waals surface area contributed by atoms with Crippen molar-refractivity contribution < 1.29 is 14.3 Å². The van der Waals surface area contributed by atoms with Gasteiger partial charge in [0.05, 0.1) is 12.5 Å². The summed E-state index contributed by atoms with van der Waals surface area (Å²) < 4.78 is 5.31. The van der Waals surface area contributed by atoms with Crippen molar-refractivity contribution in [3.8, 4) is 0 Å². The van der Waals surface area contributed by atoms with Crippen LogP contribution in [0.5, 0.6) is 0 Å². The summed E-state index contributed by atoms with van der Waals surface area (Å²) in [5, 5.41) is 2.99. The maximum Gasteiger partial charge on any atom is 0.311 e. The summed E-state index contributed by atoms with van der Waals surface area (Å²) >= 11 is 0. The molecular weight excluding hydrogens is 326 g/mol. The van der Waals surface area contributed by atoms with E-state index in [1.807, 2.05) is 61.5 Å². The fourth-order valence-electron chi connectivity index (χ4n) is 2.75. The Bertz CT molecular complexity index is 710. The zero-order valence-corrected chi connectivity index (χ0v) is 15.7. The molecule has 2 atom stereocenters. The zero-order chi connectivity index (χ0) is 18.9. The predicted molar refractivity (Wildman–Crippen MR) is 103 cm³/mol. The van der Waals surface area contributed by atoms with E-state index < -0.39 is 12.1 Å². The summed E-state index contributed by atoms with van der Waals surface area (Å²) in [5.41, 5.74) is 3.07. The Kier molecular flexibility index (Phi) is 7.39. The van der Waals surface area contributed by atoms with E-state index in [0.29, 0.717) is 0 Å². The van der Waals surface area contributed by atoms with Crippen molar-refractivity contribution in [1.29, 1.82) is 0 Å². The van der Waals surface area contributed by atoms with E-state index in [1.54, 1.807) is 6.92 Å². The van der Waals surface area contributed by atoms with Crippen LogP contribution in [0.2, 0.25) is 0 Å². The minimum atomic E-state index is -0.823. The lowest BCUT2D eigenvalue weighted by atomic mass is 10.0. The van der Waals surface area contributed by atoms with Crippen LogP contribution >= 0.6 is 0 Å². The normalized spacial score (nSPS) is 12.9. The first kappa shape index (κ1) is 19.7. The number of esters is 1. The number of nitrogens with one attached hydrogen (secondary N) is 1. The maximum absolute atomic E-state index is 12.4. The average Bonchev–Trinajstić information content (AvgIpc) is 2.63. The predicted octanol–water partition coefficient (Wildman–Crippen LogP) is 4.13. The highest BCUT2D eigenvalue weighted by molar-refractivity contribution is 5.84. The second-order valence-electron chi connectivity index (χ2n) is 6.55. The van der Waals surface area contributed by atoms with E-state index in [0.717, 1.165) is 29.5 Å². The van der Waals surface area contributed by atoms with Crippen LogP contribution in [-0.2, 0) is 20.7 Å². The van der Waals surface area contributed by atoms with Crippen LogP contribution in [0, 0.1) is 6.92 Å². The molecule has 4 nitrogen and oxygen atoms in total. The Morgan fingerprint density at radius 2 is 1.69 bits per heavy atom. The molecule has 0 heterocycles. The number of benzene rings is 2.